The van der Waals surface area contributed by atoms with Gasteiger partial charge in [-0.2, -0.15) is 0 Å². The SMILES string of the molecule is CC(NCCn1ccc2cc(Cl)ccc21)c1cccs1. The summed E-state index contributed by atoms with van der Waals surface area (Å²) in [5.41, 5.74) is 1.24. The number of rotatable bonds is 5. The Labute approximate surface area is 128 Å². The Morgan fingerprint density at radius 1 is 1.30 bits per heavy atom. The number of nitrogens with one attached hydrogen (secondary N) is 1. The maximum atomic E-state index is 6.01. The molecule has 0 aliphatic rings. The first kappa shape index (κ1) is 13.7. The van der Waals surface area contributed by atoms with E-state index in [1.165, 1.54) is 15.8 Å². The van der Waals surface area contributed by atoms with Gasteiger partial charge >= 0.3 is 0 Å². The molecule has 0 saturated carbocycles. The highest BCUT2D eigenvalue weighted by molar-refractivity contribution is 7.10. The van der Waals surface area contributed by atoms with Crippen LogP contribution in [0.15, 0.2) is 48.0 Å². The van der Waals surface area contributed by atoms with Crippen molar-refractivity contribution in [2.75, 3.05) is 6.54 Å². The Kier molecular flexibility index (Phi) is 4.10. The molecule has 4 heteroatoms. The molecule has 0 aliphatic carbocycles. The minimum atomic E-state index is 0.409. The fraction of sp³-hybridized carbons (Fsp3) is 0.250. The van der Waals surface area contributed by atoms with Crippen LogP contribution in [0.3, 0.4) is 0 Å². The van der Waals surface area contributed by atoms with Gasteiger partial charge in [0.25, 0.3) is 0 Å². The van der Waals surface area contributed by atoms with E-state index in [0.717, 1.165) is 18.1 Å². The molecule has 2 aromatic heterocycles. The number of nitrogens with zero attached hydrogens (tertiary/aromatic N) is 1. The van der Waals surface area contributed by atoms with Gasteiger partial charge in [-0.1, -0.05) is 17.7 Å². The summed E-state index contributed by atoms with van der Waals surface area (Å²) in [6.07, 6.45) is 2.12. The quantitative estimate of drug-likeness (QED) is 0.722. The lowest BCUT2D eigenvalue weighted by molar-refractivity contribution is 0.543. The molecule has 1 atom stereocenters. The van der Waals surface area contributed by atoms with Gasteiger partial charge in [-0.05, 0) is 42.6 Å². The molecule has 0 saturated heterocycles. The Morgan fingerprint density at radius 3 is 3.00 bits per heavy atom. The van der Waals surface area contributed by atoms with E-state index in [2.05, 4.69) is 52.7 Å². The minimum Gasteiger partial charge on any atom is -0.346 e. The van der Waals surface area contributed by atoms with E-state index in [1.807, 2.05) is 12.1 Å². The van der Waals surface area contributed by atoms with Crippen molar-refractivity contribution in [2.45, 2.75) is 19.5 Å². The number of thiophene rings is 1. The summed E-state index contributed by atoms with van der Waals surface area (Å²) in [5.74, 6) is 0. The van der Waals surface area contributed by atoms with Gasteiger partial charge in [0.05, 0.1) is 0 Å². The highest BCUT2D eigenvalue weighted by Crippen LogP contribution is 2.21. The lowest BCUT2D eigenvalue weighted by Gasteiger charge is -2.13. The van der Waals surface area contributed by atoms with Crippen LogP contribution in [0.5, 0.6) is 0 Å². The standard InChI is InChI=1S/C16H17ClN2S/c1-12(16-3-2-10-20-16)18-7-9-19-8-6-13-11-14(17)4-5-15(13)19/h2-6,8,10-12,18H,7,9H2,1H3. The molecule has 2 heterocycles. The van der Waals surface area contributed by atoms with Crippen LogP contribution < -0.4 is 5.32 Å². The van der Waals surface area contributed by atoms with Crippen molar-refractivity contribution in [1.29, 1.82) is 0 Å². The Morgan fingerprint density at radius 2 is 2.20 bits per heavy atom. The smallest absolute Gasteiger partial charge is 0.0481 e. The molecule has 0 radical (unpaired) electrons. The maximum absolute atomic E-state index is 6.01. The predicted molar refractivity (Wildman–Crippen MR) is 87.7 cm³/mol. The van der Waals surface area contributed by atoms with E-state index in [-0.39, 0.29) is 0 Å². The molecule has 3 aromatic rings. The molecule has 0 aliphatic heterocycles. The Bertz CT molecular complexity index is 688. The summed E-state index contributed by atoms with van der Waals surface area (Å²) in [6, 6.07) is 12.8. The first-order valence-corrected chi connectivity index (χ1v) is 8.01. The largest absolute Gasteiger partial charge is 0.346 e. The van der Waals surface area contributed by atoms with E-state index in [9.17, 15) is 0 Å². The zero-order valence-corrected chi connectivity index (χ0v) is 12.9. The van der Waals surface area contributed by atoms with Crippen molar-refractivity contribution in [3.63, 3.8) is 0 Å². The zero-order valence-electron chi connectivity index (χ0n) is 11.3. The molecule has 1 N–H and O–H groups in total. The molecule has 20 heavy (non-hydrogen) atoms. The first-order chi connectivity index (χ1) is 9.74. The van der Waals surface area contributed by atoms with Crippen molar-refractivity contribution < 1.29 is 0 Å². The summed E-state index contributed by atoms with van der Waals surface area (Å²) < 4.78 is 2.26. The number of aromatic nitrogens is 1. The third-order valence-electron chi connectivity index (χ3n) is 3.51. The van der Waals surface area contributed by atoms with E-state index in [1.54, 1.807) is 11.3 Å². The molecular formula is C16H17ClN2S. The molecule has 0 fully saturated rings. The second-order valence-electron chi connectivity index (χ2n) is 4.90. The van der Waals surface area contributed by atoms with Crippen molar-refractivity contribution in [2.24, 2.45) is 0 Å². The van der Waals surface area contributed by atoms with Crippen LogP contribution in [-0.2, 0) is 6.54 Å². The van der Waals surface area contributed by atoms with Crippen molar-refractivity contribution in [3.8, 4) is 0 Å². The van der Waals surface area contributed by atoms with Gasteiger partial charge in [0.2, 0.25) is 0 Å². The molecular weight excluding hydrogens is 288 g/mol. The summed E-state index contributed by atoms with van der Waals surface area (Å²) >= 11 is 7.81. The highest BCUT2D eigenvalue weighted by atomic mass is 35.5. The third kappa shape index (κ3) is 2.90. The number of benzene rings is 1. The normalized spacial score (nSPS) is 12.9. The second kappa shape index (κ2) is 6.00. The lowest BCUT2D eigenvalue weighted by Crippen LogP contribution is -2.22. The highest BCUT2D eigenvalue weighted by Gasteiger charge is 2.06. The average Bonchev–Trinajstić information content (AvgIpc) is 3.08. The molecule has 104 valence electrons. The van der Waals surface area contributed by atoms with E-state index in [0.29, 0.717) is 6.04 Å². The molecule has 2 nitrogen and oxygen atoms in total. The van der Waals surface area contributed by atoms with Gasteiger partial charge in [-0.3, -0.25) is 0 Å². The topological polar surface area (TPSA) is 17.0 Å². The Hall–Kier alpha value is -1.29. The van der Waals surface area contributed by atoms with Crippen LogP contribution in [0.2, 0.25) is 5.02 Å². The number of hydrogen-bond acceptors (Lipinski definition) is 2. The number of halogens is 1. The van der Waals surface area contributed by atoms with Gasteiger partial charge in [-0.15, -0.1) is 11.3 Å². The van der Waals surface area contributed by atoms with Gasteiger partial charge in [0, 0.05) is 46.1 Å². The van der Waals surface area contributed by atoms with Crippen LogP contribution in [0.25, 0.3) is 10.9 Å². The second-order valence-corrected chi connectivity index (χ2v) is 6.32. The Balaban J connectivity index is 1.63. The van der Waals surface area contributed by atoms with Crippen molar-refractivity contribution in [3.05, 3.63) is 57.9 Å². The molecule has 0 spiro atoms. The predicted octanol–water partition coefficient (Wildman–Crippen LogP) is 4.71. The minimum absolute atomic E-state index is 0.409. The van der Waals surface area contributed by atoms with Crippen LogP contribution in [-0.4, -0.2) is 11.1 Å². The molecule has 0 amide bonds. The van der Waals surface area contributed by atoms with Crippen LogP contribution in [0.4, 0.5) is 0 Å². The van der Waals surface area contributed by atoms with E-state index in [4.69, 9.17) is 11.6 Å². The summed E-state index contributed by atoms with van der Waals surface area (Å²) in [7, 11) is 0. The fourth-order valence-electron chi connectivity index (χ4n) is 2.41. The molecule has 3 rings (SSSR count). The third-order valence-corrected chi connectivity index (χ3v) is 4.80. The average molecular weight is 305 g/mol. The van der Waals surface area contributed by atoms with Gasteiger partial charge in [0.15, 0.2) is 0 Å². The monoisotopic (exact) mass is 304 g/mol. The fourth-order valence-corrected chi connectivity index (χ4v) is 3.35. The number of hydrogen-bond donors (Lipinski definition) is 1. The summed E-state index contributed by atoms with van der Waals surface area (Å²) in [5, 5.41) is 7.67. The van der Waals surface area contributed by atoms with Gasteiger partial charge in [0.1, 0.15) is 0 Å². The van der Waals surface area contributed by atoms with Crippen LogP contribution in [0.1, 0.15) is 17.8 Å². The maximum Gasteiger partial charge on any atom is 0.0481 e. The van der Waals surface area contributed by atoms with Gasteiger partial charge < -0.3 is 9.88 Å². The van der Waals surface area contributed by atoms with E-state index < -0.39 is 0 Å². The molecule has 1 unspecified atom stereocenters. The summed E-state index contributed by atoms with van der Waals surface area (Å²) in [4.78, 5) is 1.38. The zero-order chi connectivity index (χ0) is 13.9. The molecule has 0 bridgehead atoms. The first-order valence-electron chi connectivity index (χ1n) is 6.75. The van der Waals surface area contributed by atoms with Crippen molar-refractivity contribution in [1.82, 2.24) is 9.88 Å². The van der Waals surface area contributed by atoms with Crippen LogP contribution in [0, 0.1) is 0 Å². The van der Waals surface area contributed by atoms with E-state index >= 15 is 0 Å². The lowest BCUT2D eigenvalue weighted by atomic mass is 10.2. The van der Waals surface area contributed by atoms with Gasteiger partial charge in [-0.25, -0.2) is 0 Å². The number of fused-ring (bicyclic) bond motifs is 1. The van der Waals surface area contributed by atoms with Crippen LogP contribution >= 0.6 is 22.9 Å². The molecule has 1 aromatic carbocycles. The van der Waals surface area contributed by atoms with Crippen molar-refractivity contribution >= 4 is 33.8 Å². The summed E-state index contributed by atoms with van der Waals surface area (Å²) in [6.45, 7) is 4.12.